The van der Waals surface area contributed by atoms with Crippen molar-refractivity contribution >= 4 is 34.7 Å². The van der Waals surface area contributed by atoms with Crippen molar-refractivity contribution in [1.29, 1.82) is 0 Å². The molecule has 25 heavy (non-hydrogen) atoms. The number of nitrogens with zero attached hydrogens (tertiary/aromatic N) is 4. The largest absolute Gasteiger partial charge is 0.486 e. The zero-order valence-electron chi connectivity index (χ0n) is 13.7. The average molecular weight is 393 g/mol. The summed E-state index contributed by atoms with van der Waals surface area (Å²) in [7, 11) is 0. The van der Waals surface area contributed by atoms with Crippen LogP contribution in [0.5, 0.6) is 5.75 Å². The average Bonchev–Trinajstić information content (AvgIpc) is 3.19. The number of rotatable bonds is 8. The van der Waals surface area contributed by atoms with Gasteiger partial charge in [0.25, 0.3) is 0 Å². The molecule has 0 N–H and O–H groups in total. The quantitative estimate of drug-likeness (QED) is 0.409. The molecular weight excluding hydrogens is 376 g/mol. The number of thioether (sulfide) groups is 1. The number of hydrogen-bond acceptors (Lipinski definition) is 6. The number of allylic oxidation sites excluding steroid dienone is 1. The van der Waals surface area contributed by atoms with Gasteiger partial charge in [-0.1, -0.05) is 29.4 Å². The summed E-state index contributed by atoms with van der Waals surface area (Å²) in [6.07, 6.45) is 1.83. The molecule has 5 nitrogen and oxygen atoms in total. The molecule has 1 aromatic carbocycles. The fraction of sp³-hybridized carbons (Fsp3) is 0.235. The molecule has 0 fully saturated rings. The Hall–Kier alpha value is -1.83. The third kappa shape index (κ3) is 4.84. The SMILES string of the molecule is C=CCn1c(COc2ccc(Cl)cc2)nnc1SCc1csc(C)n1. The summed E-state index contributed by atoms with van der Waals surface area (Å²) >= 11 is 9.15. The number of thiazole rings is 1. The van der Waals surface area contributed by atoms with Gasteiger partial charge in [0.05, 0.1) is 10.7 Å². The first-order valence-corrected chi connectivity index (χ1v) is 9.85. The maximum atomic E-state index is 5.89. The zero-order chi connectivity index (χ0) is 17.6. The Morgan fingerprint density at radius 3 is 2.80 bits per heavy atom. The van der Waals surface area contributed by atoms with E-state index < -0.39 is 0 Å². The lowest BCUT2D eigenvalue weighted by molar-refractivity contribution is 0.289. The number of aryl methyl sites for hydroxylation is 1. The summed E-state index contributed by atoms with van der Waals surface area (Å²) in [5.41, 5.74) is 1.06. The Labute approximate surface area is 159 Å². The number of aromatic nitrogens is 4. The van der Waals surface area contributed by atoms with Crippen LogP contribution in [0.4, 0.5) is 0 Å². The van der Waals surface area contributed by atoms with Crippen LogP contribution < -0.4 is 4.74 Å². The Morgan fingerprint density at radius 1 is 1.32 bits per heavy atom. The topological polar surface area (TPSA) is 52.8 Å². The molecule has 2 aromatic heterocycles. The van der Waals surface area contributed by atoms with E-state index in [-0.39, 0.29) is 0 Å². The van der Waals surface area contributed by atoms with Gasteiger partial charge in [-0.25, -0.2) is 4.98 Å². The first-order chi connectivity index (χ1) is 12.2. The van der Waals surface area contributed by atoms with Crippen LogP contribution in [-0.4, -0.2) is 19.7 Å². The van der Waals surface area contributed by atoms with Crippen LogP contribution in [0.15, 0.2) is 47.5 Å². The van der Waals surface area contributed by atoms with Crippen molar-refractivity contribution < 1.29 is 4.74 Å². The molecule has 0 atom stereocenters. The summed E-state index contributed by atoms with van der Waals surface area (Å²) in [5.74, 6) is 2.26. The van der Waals surface area contributed by atoms with E-state index in [0.717, 1.165) is 33.2 Å². The van der Waals surface area contributed by atoms with Gasteiger partial charge in [0.1, 0.15) is 12.4 Å². The van der Waals surface area contributed by atoms with E-state index in [9.17, 15) is 0 Å². The summed E-state index contributed by atoms with van der Waals surface area (Å²) in [4.78, 5) is 4.48. The summed E-state index contributed by atoms with van der Waals surface area (Å²) in [6, 6.07) is 7.25. The van der Waals surface area contributed by atoms with Crippen LogP contribution >= 0.6 is 34.7 Å². The van der Waals surface area contributed by atoms with Crippen LogP contribution in [0.3, 0.4) is 0 Å². The summed E-state index contributed by atoms with van der Waals surface area (Å²) < 4.78 is 7.78. The lowest BCUT2D eigenvalue weighted by atomic mass is 10.3. The molecule has 2 heterocycles. The number of hydrogen-bond donors (Lipinski definition) is 0. The summed E-state index contributed by atoms with van der Waals surface area (Å²) in [6.45, 7) is 6.78. The van der Waals surface area contributed by atoms with E-state index in [0.29, 0.717) is 18.2 Å². The van der Waals surface area contributed by atoms with E-state index in [1.54, 1.807) is 35.2 Å². The number of benzene rings is 1. The highest BCUT2D eigenvalue weighted by Crippen LogP contribution is 2.24. The predicted octanol–water partition coefficient (Wildman–Crippen LogP) is 4.75. The molecule has 0 spiro atoms. The first-order valence-electron chi connectivity index (χ1n) is 7.61. The normalized spacial score (nSPS) is 10.8. The standard InChI is InChI=1S/C17H17ClN4OS2/c1-3-8-22-16(9-23-15-6-4-13(18)5-7-15)20-21-17(22)25-11-14-10-24-12(2)19-14/h3-7,10H,1,8-9,11H2,2H3. The fourth-order valence-corrected chi connectivity index (χ4v) is 3.84. The highest BCUT2D eigenvalue weighted by molar-refractivity contribution is 7.98. The molecule has 0 aliphatic carbocycles. The van der Waals surface area contributed by atoms with Gasteiger partial charge in [-0.05, 0) is 31.2 Å². The van der Waals surface area contributed by atoms with Crippen LogP contribution in [0.25, 0.3) is 0 Å². The zero-order valence-corrected chi connectivity index (χ0v) is 16.1. The molecule has 0 unspecified atom stereocenters. The minimum Gasteiger partial charge on any atom is -0.486 e. The second-order valence-electron chi connectivity index (χ2n) is 5.19. The fourth-order valence-electron chi connectivity index (χ4n) is 2.14. The van der Waals surface area contributed by atoms with E-state index >= 15 is 0 Å². The van der Waals surface area contributed by atoms with Gasteiger partial charge in [-0.2, -0.15) is 0 Å². The van der Waals surface area contributed by atoms with Crippen molar-refractivity contribution in [2.45, 2.75) is 31.0 Å². The van der Waals surface area contributed by atoms with E-state index in [1.807, 2.05) is 29.7 Å². The van der Waals surface area contributed by atoms with Crippen LogP contribution in [0.1, 0.15) is 16.5 Å². The molecule has 0 radical (unpaired) electrons. The molecule has 0 saturated carbocycles. The van der Waals surface area contributed by atoms with Crippen molar-refractivity contribution in [2.24, 2.45) is 0 Å². The van der Waals surface area contributed by atoms with Crippen molar-refractivity contribution in [2.75, 3.05) is 0 Å². The van der Waals surface area contributed by atoms with Crippen LogP contribution in [0, 0.1) is 6.92 Å². The highest BCUT2D eigenvalue weighted by atomic mass is 35.5. The van der Waals surface area contributed by atoms with Gasteiger partial charge in [-0.15, -0.1) is 28.1 Å². The lowest BCUT2D eigenvalue weighted by Crippen LogP contribution is -2.07. The molecule has 0 bridgehead atoms. The smallest absolute Gasteiger partial charge is 0.191 e. The Morgan fingerprint density at radius 2 is 2.12 bits per heavy atom. The molecule has 8 heteroatoms. The molecular formula is C17H17ClN4OS2. The minimum atomic E-state index is 0.332. The van der Waals surface area contributed by atoms with Gasteiger partial charge in [0.2, 0.25) is 0 Å². The third-order valence-electron chi connectivity index (χ3n) is 3.30. The Bertz CT molecular complexity index is 845. The van der Waals surface area contributed by atoms with Crippen molar-refractivity contribution in [3.8, 4) is 5.75 Å². The van der Waals surface area contributed by atoms with Gasteiger partial charge >= 0.3 is 0 Å². The van der Waals surface area contributed by atoms with E-state index in [1.165, 1.54) is 0 Å². The van der Waals surface area contributed by atoms with Crippen molar-refractivity contribution in [3.63, 3.8) is 0 Å². The van der Waals surface area contributed by atoms with Gasteiger partial charge in [-0.3, -0.25) is 4.57 Å². The second kappa shape index (κ2) is 8.51. The summed E-state index contributed by atoms with van der Waals surface area (Å²) in [5, 5.41) is 13.2. The molecule has 3 rings (SSSR count). The first kappa shape index (κ1) is 18.0. The van der Waals surface area contributed by atoms with Gasteiger partial charge in [0.15, 0.2) is 11.0 Å². The van der Waals surface area contributed by atoms with Gasteiger partial charge < -0.3 is 4.74 Å². The van der Waals surface area contributed by atoms with Gasteiger partial charge in [0, 0.05) is 22.7 Å². The minimum absolute atomic E-state index is 0.332. The highest BCUT2D eigenvalue weighted by Gasteiger charge is 2.13. The maximum Gasteiger partial charge on any atom is 0.191 e. The van der Waals surface area contributed by atoms with Crippen LogP contribution in [-0.2, 0) is 18.9 Å². The number of ether oxygens (including phenoxy) is 1. The van der Waals surface area contributed by atoms with Crippen molar-refractivity contribution in [3.05, 3.63) is 63.8 Å². The third-order valence-corrected chi connectivity index (χ3v) is 5.38. The Balaban J connectivity index is 1.67. The maximum absolute atomic E-state index is 5.89. The number of halogens is 1. The van der Waals surface area contributed by atoms with E-state index in [2.05, 4.69) is 27.1 Å². The van der Waals surface area contributed by atoms with Crippen LogP contribution in [0.2, 0.25) is 5.02 Å². The second-order valence-corrected chi connectivity index (χ2v) is 7.63. The monoisotopic (exact) mass is 392 g/mol. The molecule has 0 saturated heterocycles. The molecule has 0 amide bonds. The van der Waals surface area contributed by atoms with E-state index in [4.69, 9.17) is 16.3 Å². The molecule has 0 aliphatic heterocycles. The molecule has 130 valence electrons. The molecule has 0 aliphatic rings. The Kier molecular flexibility index (Phi) is 6.12. The molecule has 3 aromatic rings. The van der Waals surface area contributed by atoms with Crippen molar-refractivity contribution in [1.82, 2.24) is 19.7 Å². The predicted molar refractivity (Wildman–Crippen MR) is 102 cm³/mol. The lowest BCUT2D eigenvalue weighted by Gasteiger charge is -2.09.